The molecule has 0 bridgehead atoms. The second-order valence-corrected chi connectivity index (χ2v) is 7.51. The van der Waals surface area contributed by atoms with Crippen LogP contribution in [0.3, 0.4) is 0 Å². The van der Waals surface area contributed by atoms with E-state index in [0.29, 0.717) is 6.61 Å². The lowest BCUT2D eigenvalue weighted by molar-refractivity contribution is 0.185. The Morgan fingerprint density at radius 1 is 0.964 bits per heavy atom. The number of ether oxygens (including phenoxy) is 2. The number of hydrogen-bond donors (Lipinski definition) is 0. The molecule has 0 spiro atoms. The second kappa shape index (κ2) is 13.2. The fourth-order valence-electron chi connectivity index (χ4n) is 3.35. The number of hydrogen-bond acceptors (Lipinski definition) is 2. The number of para-hydroxylation sites is 1. The van der Waals surface area contributed by atoms with E-state index >= 15 is 0 Å². The van der Waals surface area contributed by atoms with Crippen molar-refractivity contribution < 1.29 is 9.47 Å². The van der Waals surface area contributed by atoms with Gasteiger partial charge in [0.05, 0.1) is 13.2 Å². The molecule has 0 atom stereocenters. The highest BCUT2D eigenvalue weighted by Crippen LogP contribution is 2.21. The van der Waals surface area contributed by atoms with E-state index in [0.717, 1.165) is 31.6 Å². The first-order valence-corrected chi connectivity index (χ1v) is 10.7. The zero-order chi connectivity index (χ0) is 20.0. The van der Waals surface area contributed by atoms with Crippen molar-refractivity contribution in [3.05, 3.63) is 76.9 Å². The summed E-state index contributed by atoms with van der Waals surface area (Å²) in [5, 5.41) is 0. The maximum Gasteiger partial charge on any atom is 0.122 e. The molecular weight excluding hydrogens is 344 g/mol. The van der Waals surface area contributed by atoms with Crippen molar-refractivity contribution in [2.24, 2.45) is 0 Å². The fourth-order valence-corrected chi connectivity index (χ4v) is 3.35. The molecule has 2 heteroatoms. The number of unbranched alkanes of at least 4 members (excludes halogenated alkanes) is 2. The molecule has 152 valence electrons. The van der Waals surface area contributed by atoms with Crippen LogP contribution in [0.4, 0.5) is 0 Å². The van der Waals surface area contributed by atoms with Gasteiger partial charge in [0.15, 0.2) is 0 Å². The minimum atomic E-state index is 0.667. The van der Waals surface area contributed by atoms with E-state index in [1.165, 1.54) is 47.9 Å². The quantitative estimate of drug-likeness (QED) is 0.277. The zero-order valence-electron chi connectivity index (χ0n) is 17.9. The smallest absolute Gasteiger partial charge is 0.122 e. The summed E-state index contributed by atoms with van der Waals surface area (Å²) >= 11 is 0. The largest absolute Gasteiger partial charge is 0.493 e. The monoisotopic (exact) mass is 380 g/mol. The Labute approximate surface area is 171 Å². The standard InChI is InChI=1S/C26H36O2/c1-4-5-11-22(2)12-8-9-19-28-26-16-7-6-15-25(26)18-17-23-13-10-14-24(20-23)21-27-3/h6-7,10-11,13-16,20H,4-5,8-9,12,17-19,21H2,1-3H3. The van der Waals surface area contributed by atoms with Gasteiger partial charge < -0.3 is 9.47 Å². The van der Waals surface area contributed by atoms with E-state index in [-0.39, 0.29) is 0 Å². The Balaban J connectivity index is 1.80. The molecule has 0 N–H and O–H groups in total. The predicted molar refractivity (Wildman–Crippen MR) is 119 cm³/mol. The van der Waals surface area contributed by atoms with Crippen LogP contribution in [0.2, 0.25) is 0 Å². The molecule has 0 amide bonds. The normalized spacial score (nSPS) is 11.6. The van der Waals surface area contributed by atoms with Gasteiger partial charge in [0.2, 0.25) is 0 Å². The minimum absolute atomic E-state index is 0.667. The van der Waals surface area contributed by atoms with Crippen LogP contribution in [0.25, 0.3) is 0 Å². The lowest BCUT2D eigenvalue weighted by atomic mass is 10.0. The van der Waals surface area contributed by atoms with Crippen molar-refractivity contribution in [1.29, 1.82) is 0 Å². The molecule has 28 heavy (non-hydrogen) atoms. The van der Waals surface area contributed by atoms with Gasteiger partial charge in [-0.25, -0.2) is 0 Å². The van der Waals surface area contributed by atoms with Gasteiger partial charge in [-0.1, -0.05) is 67.5 Å². The predicted octanol–water partition coefficient (Wildman–Crippen LogP) is 6.91. The summed E-state index contributed by atoms with van der Waals surface area (Å²) in [6, 6.07) is 17.1. The Morgan fingerprint density at radius 3 is 2.61 bits per heavy atom. The highest BCUT2D eigenvalue weighted by atomic mass is 16.5. The molecule has 0 aliphatic rings. The van der Waals surface area contributed by atoms with Crippen LogP contribution >= 0.6 is 0 Å². The summed E-state index contributed by atoms with van der Waals surface area (Å²) in [6.07, 6.45) is 10.3. The van der Waals surface area contributed by atoms with Gasteiger partial charge in [0, 0.05) is 7.11 Å². The fraction of sp³-hybridized carbons (Fsp3) is 0.462. The summed E-state index contributed by atoms with van der Waals surface area (Å²) in [5.74, 6) is 1.04. The molecule has 0 aliphatic carbocycles. The van der Waals surface area contributed by atoms with E-state index in [2.05, 4.69) is 68.5 Å². The molecular formula is C26H36O2. The van der Waals surface area contributed by atoms with Crippen LogP contribution in [0, 0.1) is 0 Å². The molecule has 0 heterocycles. The first-order valence-electron chi connectivity index (χ1n) is 10.7. The zero-order valence-corrected chi connectivity index (χ0v) is 17.9. The second-order valence-electron chi connectivity index (χ2n) is 7.51. The molecule has 0 unspecified atom stereocenters. The number of aryl methyl sites for hydroxylation is 2. The van der Waals surface area contributed by atoms with Crippen molar-refractivity contribution in [2.75, 3.05) is 13.7 Å². The number of allylic oxidation sites excluding steroid dienone is 2. The third-order valence-corrected chi connectivity index (χ3v) is 4.96. The Bertz CT molecular complexity index is 718. The van der Waals surface area contributed by atoms with E-state index < -0.39 is 0 Å². The highest BCUT2D eigenvalue weighted by molar-refractivity contribution is 5.34. The average molecular weight is 381 g/mol. The molecule has 0 aliphatic heterocycles. The van der Waals surface area contributed by atoms with Gasteiger partial charge in [-0.15, -0.1) is 0 Å². The van der Waals surface area contributed by atoms with E-state index in [1.807, 2.05) is 0 Å². The van der Waals surface area contributed by atoms with E-state index in [9.17, 15) is 0 Å². The first kappa shape index (κ1) is 22.2. The average Bonchev–Trinajstić information content (AvgIpc) is 2.72. The third kappa shape index (κ3) is 8.31. The molecule has 2 aromatic rings. The maximum atomic E-state index is 6.11. The van der Waals surface area contributed by atoms with Crippen LogP contribution in [0.5, 0.6) is 5.75 Å². The van der Waals surface area contributed by atoms with Crippen molar-refractivity contribution >= 4 is 0 Å². The summed E-state index contributed by atoms with van der Waals surface area (Å²) in [7, 11) is 1.74. The van der Waals surface area contributed by atoms with Crippen LogP contribution in [0.1, 0.15) is 62.6 Å². The number of rotatable bonds is 13. The Morgan fingerprint density at radius 2 is 1.79 bits per heavy atom. The van der Waals surface area contributed by atoms with Gasteiger partial charge in [-0.2, -0.15) is 0 Å². The number of methoxy groups -OCH3 is 1. The van der Waals surface area contributed by atoms with Crippen LogP contribution in [-0.4, -0.2) is 13.7 Å². The first-order chi connectivity index (χ1) is 13.7. The summed E-state index contributed by atoms with van der Waals surface area (Å²) in [5.41, 5.74) is 5.38. The summed E-state index contributed by atoms with van der Waals surface area (Å²) in [4.78, 5) is 0. The minimum Gasteiger partial charge on any atom is -0.493 e. The topological polar surface area (TPSA) is 18.5 Å². The summed E-state index contributed by atoms with van der Waals surface area (Å²) < 4.78 is 11.4. The SMILES string of the molecule is CCCC=C(C)CCCCOc1ccccc1CCc1cccc(COC)c1. The summed E-state index contributed by atoms with van der Waals surface area (Å²) in [6.45, 7) is 5.93. The Hall–Kier alpha value is -2.06. The lowest BCUT2D eigenvalue weighted by Gasteiger charge is -2.12. The highest BCUT2D eigenvalue weighted by Gasteiger charge is 2.04. The number of benzene rings is 2. The molecule has 0 fully saturated rings. The molecule has 0 saturated heterocycles. The Kier molecular flexibility index (Phi) is 10.5. The van der Waals surface area contributed by atoms with Gasteiger partial charge in [-0.3, -0.25) is 0 Å². The van der Waals surface area contributed by atoms with Crippen LogP contribution in [0.15, 0.2) is 60.2 Å². The van der Waals surface area contributed by atoms with Gasteiger partial charge in [0.1, 0.15) is 5.75 Å². The lowest BCUT2D eigenvalue weighted by Crippen LogP contribution is -2.02. The van der Waals surface area contributed by atoms with E-state index in [1.54, 1.807) is 7.11 Å². The molecule has 2 rings (SSSR count). The molecule has 0 aromatic heterocycles. The van der Waals surface area contributed by atoms with Gasteiger partial charge in [0.25, 0.3) is 0 Å². The molecule has 2 aromatic carbocycles. The third-order valence-electron chi connectivity index (χ3n) is 4.96. The van der Waals surface area contributed by atoms with Crippen molar-refractivity contribution in [2.45, 2.75) is 65.4 Å². The molecule has 2 nitrogen and oxygen atoms in total. The van der Waals surface area contributed by atoms with Crippen LogP contribution < -0.4 is 4.74 Å². The molecule has 0 radical (unpaired) electrons. The van der Waals surface area contributed by atoms with E-state index in [4.69, 9.17) is 9.47 Å². The molecule has 0 saturated carbocycles. The maximum absolute atomic E-state index is 6.11. The van der Waals surface area contributed by atoms with Crippen LogP contribution in [-0.2, 0) is 24.2 Å². The van der Waals surface area contributed by atoms with Gasteiger partial charge >= 0.3 is 0 Å². The van der Waals surface area contributed by atoms with Crippen molar-refractivity contribution in [3.63, 3.8) is 0 Å². The van der Waals surface area contributed by atoms with Crippen molar-refractivity contribution in [3.8, 4) is 5.75 Å². The van der Waals surface area contributed by atoms with Gasteiger partial charge in [-0.05, 0) is 68.2 Å². The van der Waals surface area contributed by atoms with Crippen molar-refractivity contribution in [1.82, 2.24) is 0 Å².